The first-order valence-corrected chi connectivity index (χ1v) is 7.61. The lowest BCUT2D eigenvalue weighted by molar-refractivity contribution is 1.02. The number of hydrogen-bond donors (Lipinski definition) is 0. The summed E-state index contributed by atoms with van der Waals surface area (Å²) in [6.07, 6.45) is 9.74. The zero-order chi connectivity index (χ0) is 16.5. The monoisotopic (exact) mass is 291 g/mol. The van der Waals surface area contributed by atoms with Crippen molar-refractivity contribution in [3.8, 4) is 5.69 Å². The van der Waals surface area contributed by atoms with E-state index in [1.54, 1.807) is 6.08 Å². The van der Waals surface area contributed by atoms with Gasteiger partial charge in [-0.3, -0.25) is 0 Å². The smallest absolute Gasteiger partial charge is 0.0537 e. The highest BCUT2D eigenvalue weighted by Crippen LogP contribution is 2.14. The van der Waals surface area contributed by atoms with Crippen LogP contribution in [0.2, 0.25) is 0 Å². The Morgan fingerprint density at radius 3 is 2.18 bits per heavy atom. The number of aromatic nitrogens is 1. The van der Waals surface area contributed by atoms with Crippen molar-refractivity contribution in [3.63, 3.8) is 0 Å². The fourth-order valence-electron chi connectivity index (χ4n) is 2.39. The van der Waals surface area contributed by atoms with Crippen LogP contribution < -0.4 is 10.6 Å². The van der Waals surface area contributed by atoms with Crippen molar-refractivity contribution in [2.45, 2.75) is 20.8 Å². The number of rotatable bonds is 4. The Balaban J connectivity index is 0.00000116. The molecule has 114 valence electrons. The van der Waals surface area contributed by atoms with E-state index < -0.39 is 0 Å². The van der Waals surface area contributed by atoms with Crippen molar-refractivity contribution in [2.24, 2.45) is 0 Å². The summed E-state index contributed by atoms with van der Waals surface area (Å²) in [6.45, 7) is 18.0. The van der Waals surface area contributed by atoms with Crippen LogP contribution in [0.1, 0.15) is 32.0 Å². The molecule has 1 heterocycles. The van der Waals surface area contributed by atoms with E-state index in [9.17, 15) is 0 Å². The molecule has 0 fully saturated rings. The molecule has 2 aromatic rings. The van der Waals surface area contributed by atoms with Crippen LogP contribution in [0, 0.1) is 0 Å². The summed E-state index contributed by atoms with van der Waals surface area (Å²) in [5, 5.41) is 2.01. The van der Waals surface area contributed by atoms with Gasteiger partial charge in [0.2, 0.25) is 0 Å². The molecule has 0 atom stereocenters. The third kappa shape index (κ3) is 3.37. The van der Waals surface area contributed by atoms with E-state index in [1.807, 2.05) is 57.2 Å². The average Bonchev–Trinajstić information content (AvgIpc) is 2.82. The summed E-state index contributed by atoms with van der Waals surface area (Å²) in [4.78, 5) is 0. The minimum Gasteiger partial charge on any atom is -0.310 e. The van der Waals surface area contributed by atoms with E-state index in [0.717, 1.165) is 27.5 Å². The van der Waals surface area contributed by atoms with Gasteiger partial charge in [-0.1, -0.05) is 76.1 Å². The van der Waals surface area contributed by atoms with Gasteiger partial charge in [0.25, 0.3) is 0 Å². The summed E-state index contributed by atoms with van der Waals surface area (Å²) < 4.78 is 2.15. The fourth-order valence-corrected chi connectivity index (χ4v) is 2.39. The molecule has 0 saturated heterocycles. The predicted molar refractivity (Wildman–Crippen MR) is 101 cm³/mol. The summed E-state index contributed by atoms with van der Waals surface area (Å²) >= 11 is 0. The van der Waals surface area contributed by atoms with Crippen LogP contribution in [0.15, 0.2) is 55.6 Å². The minimum atomic E-state index is 0.944. The molecule has 1 aromatic heterocycles. The molecule has 0 unspecified atom stereocenters. The van der Waals surface area contributed by atoms with Crippen LogP contribution in [0.5, 0.6) is 0 Å². The van der Waals surface area contributed by atoms with Gasteiger partial charge < -0.3 is 4.57 Å². The van der Waals surface area contributed by atoms with Gasteiger partial charge in [0.15, 0.2) is 0 Å². The highest BCUT2D eigenvalue weighted by Gasteiger charge is 2.10. The van der Waals surface area contributed by atoms with Crippen molar-refractivity contribution >= 4 is 24.8 Å². The van der Waals surface area contributed by atoms with E-state index in [-0.39, 0.29) is 0 Å². The van der Waals surface area contributed by atoms with Crippen molar-refractivity contribution in [3.05, 3.63) is 77.5 Å². The van der Waals surface area contributed by atoms with Crippen molar-refractivity contribution in [1.29, 1.82) is 0 Å². The normalized spacial score (nSPS) is 11.1. The molecule has 0 aliphatic carbocycles. The molecule has 0 N–H and O–H groups in total. The maximum Gasteiger partial charge on any atom is 0.0537 e. The Bertz CT molecular complexity index is 758. The van der Waals surface area contributed by atoms with Crippen LogP contribution in [-0.4, -0.2) is 4.57 Å². The second-order valence-corrected chi connectivity index (χ2v) is 4.44. The Morgan fingerprint density at radius 2 is 1.68 bits per heavy atom. The molecule has 0 amide bonds. The van der Waals surface area contributed by atoms with Crippen LogP contribution in [0.4, 0.5) is 0 Å². The highest BCUT2D eigenvalue weighted by molar-refractivity contribution is 5.67. The Hall–Kier alpha value is -2.54. The zero-order valence-corrected chi connectivity index (χ0v) is 13.8. The molecule has 1 heteroatoms. The van der Waals surface area contributed by atoms with Gasteiger partial charge in [0.1, 0.15) is 0 Å². The average molecular weight is 291 g/mol. The largest absolute Gasteiger partial charge is 0.310 e. The first-order chi connectivity index (χ1) is 10.7. The number of nitrogens with zero attached hydrogens (tertiary/aromatic N) is 1. The second-order valence-electron chi connectivity index (χ2n) is 4.44. The molecule has 0 aliphatic rings. The molecule has 0 bridgehead atoms. The van der Waals surface area contributed by atoms with E-state index in [4.69, 9.17) is 0 Å². The summed E-state index contributed by atoms with van der Waals surface area (Å²) in [5.74, 6) is 0. The Labute approximate surface area is 133 Å². The standard InChI is InChI=1S/C19H19N.C2H6/c1-5-11-18-15(4)20(16-13-9-8-10-14-16)19(12-6-2)17(18)7-3;1-2/h5-14H,1,3-4H2,2H3;1-2H3/b12-6-,18-11+;. The molecular formula is C21H25N. The van der Waals surface area contributed by atoms with Crippen molar-refractivity contribution in [1.82, 2.24) is 4.57 Å². The lowest BCUT2D eigenvalue weighted by Crippen LogP contribution is -2.27. The van der Waals surface area contributed by atoms with Crippen LogP contribution in [-0.2, 0) is 0 Å². The number of benzene rings is 1. The minimum absolute atomic E-state index is 0.944. The number of hydrogen-bond acceptors (Lipinski definition) is 0. The highest BCUT2D eigenvalue weighted by atomic mass is 15.0. The second kappa shape index (κ2) is 8.68. The maximum atomic E-state index is 4.23. The van der Waals surface area contributed by atoms with E-state index in [2.05, 4.69) is 42.5 Å². The molecular weight excluding hydrogens is 266 g/mol. The first kappa shape index (κ1) is 17.5. The molecule has 0 aliphatic heterocycles. The lowest BCUT2D eigenvalue weighted by Gasteiger charge is -2.07. The van der Waals surface area contributed by atoms with E-state index in [0.29, 0.717) is 0 Å². The zero-order valence-electron chi connectivity index (χ0n) is 13.8. The SMILES string of the molecule is C=C/C=c1/c(C=C)c(/C=C\C)n(-c2ccccc2)c1=C.CC. The summed E-state index contributed by atoms with van der Waals surface area (Å²) in [7, 11) is 0. The van der Waals surface area contributed by atoms with Gasteiger partial charge in [0.05, 0.1) is 5.69 Å². The van der Waals surface area contributed by atoms with Gasteiger partial charge in [-0.05, 0) is 25.1 Å². The van der Waals surface area contributed by atoms with E-state index in [1.165, 1.54) is 0 Å². The first-order valence-electron chi connectivity index (χ1n) is 7.61. The molecule has 2 rings (SSSR count). The molecule has 0 radical (unpaired) electrons. The molecule has 1 nitrogen and oxygen atoms in total. The van der Waals surface area contributed by atoms with E-state index >= 15 is 0 Å². The third-order valence-corrected chi connectivity index (χ3v) is 3.22. The van der Waals surface area contributed by atoms with Crippen LogP contribution in [0.3, 0.4) is 0 Å². The molecule has 22 heavy (non-hydrogen) atoms. The topological polar surface area (TPSA) is 4.93 Å². The van der Waals surface area contributed by atoms with Gasteiger partial charge >= 0.3 is 0 Å². The molecule has 1 aromatic carbocycles. The van der Waals surface area contributed by atoms with Gasteiger partial charge in [-0.25, -0.2) is 0 Å². The Morgan fingerprint density at radius 1 is 1.05 bits per heavy atom. The van der Waals surface area contributed by atoms with Crippen molar-refractivity contribution < 1.29 is 0 Å². The van der Waals surface area contributed by atoms with Crippen molar-refractivity contribution in [2.75, 3.05) is 0 Å². The van der Waals surface area contributed by atoms with Crippen LogP contribution in [0.25, 0.3) is 30.5 Å². The number of allylic oxidation sites excluding steroid dienone is 2. The summed E-state index contributed by atoms with van der Waals surface area (Å²) in [5.41, 5.74) is 3.26. The third-order valence-electron chi connectivity index (χ3n) is 3.22. The number of para-hydroxylation sites is 1. The quantitative estimate of drug-likeness (QED) is 0.778. The maximum absolute atomic E-state index is 4.23. The van der Waals surface area contributed by atoms with Gasteiger partial charge in [-0.15, -0.1) is 0 Å². The molecule has 0 saturated carbocycles. The predicted octanol–water partition coefficient (Wildman–Crippen LogP) is 4.56. The van der Waals surface area contributed by atoms with Gasteiger partial charge in [0, 0.05) is 21.8 Å². The molecule has 0 spiro atoms. The Kier molecular flexibility index (Phi) is 6.91. The lowest BCUT2D eigenvalue weighted by atomic mass is 10.1. The van der Waals surface area contributed by atoms with Crippen LogP contribution >= 0.6 is 0 Å². The van der Waals surface area contributed by atoms with Gasteiger partial charge in [-0.2, -0.15) is 0 Å². The fraction of sp³-hybridized carbons (Fsp3) is 0.143. The summed E-state index contributed by atoms with van der Waals surface area (Å²) in [6, 6.07) is 10.2.